The van der Waals surface area contributed by atoms with Gasteiger partial charge in [0.25, 0.3) is 5.91 Å². The number of pyridine rings is 1. The van der Waals surface area contributed by atoms with Crippen molar-refractivity contribution in [1.82, 2.24) is 25.2 Å². The summed E-state index contributed by atoms with van der Waals surface area (Å²) in [4.78, 5) is 40.7. The van der Waals surface area contributed by atoms with Crippen LogP contribution in [-0.4, -0.2) is 69.2 Å². The summed E-state index contributed by atoms with van der Waals surface area (Å²) in [6.07, 6.45) is 3.30. The smallest absolute Gasteiger partial charge is 0.254 e. The van der Waals surface area contributed by atoms with E-state index in [2.05, 4.69) is 25.6 Å². The molecule has 0 spiro atoms. The first-order chi connectivity index (χ1) is 18.4. The molecule has 2 aromatic heterocycles. The van der Waals surface area contributed by atoms with Crippen molar-refractivity contribution in [2.24, 2.45) is 0 Å². The Balaban J connectivity index is 1.28. The van der Waals surface area contributed by atoms with Crippen LogP contribution >= 0.6 is 11.6 Å². The number of nitrogens with one attached hydrogen (secondary N) is 2. The second-order valence-corrected chi connectivity index (χ2v) is 9.87. The number of carbonyl (C=O) groups excluding carboxylic acids is 2. The predicted octanol–water partition coefficient (Wildman–Crippen LogP) is 2.90. The fourth-order valence-electron chi connectivity index (χ4n) is 4.68. The van der Waals surface area contributed by atoms with Crippen molar-refractivity contribution in [2.45, 2.75) is 38.4 Å². The van der Waals surface area contributed by atoms with Gasteiger partial charge in [0, 0.05) is 42.6 Å². The van der Waals surface area contributed by atoms with E-state index in [0.717, 1.165) is 24.1 Å². The first-order valence-electron chi connectivity index (χ1n) is 12.5. The maximum absolute atomic E-state index is 13.2. The Bertz CT molecular complexity index is 1350. The molecule has 4 heterocycles. The summed E-state index contributed by atoms with van der Waals surface area (Å²) in [6.45, 7) is 3.10. The summed E-state index contributed by atoms with van der Waals surface area (Å²) in [6, 6.07) is 10.5. The Labute approximate surface area is 225 Å². The zero-order valence-corrected chi connectivity index (χ0v) is 21.7. The van der Waals surface area contributed by atoms with Crippen LogP contribution in [0.2, 0.25) is 5.02 Å². The van der Waals surface area contributed by atoms with E-state index in [1.807, 2.05) is 31.2 Å². The van der Waals surface area contributed by atoms with Gasteiger partial charge in [0.1, 0.15) is 6.54 Å². The van der Waals surface area contributed by atoms with Gasteiger partial charge in [-0.25, -0.2) is 9.97 Å². The predicted molar refractivity (Wildman–Crippen MR) is 142 cm³/mol. The Kier molecular flexibility index (Phi) is 7.82. The van der Waals surface area contributed by atoms with Crippen molar-refractivity contribution < 1.29 is 19.4 Å². The van der Waals surface area contributed by atoms with E-state index in [1.165, 1.54) is 4.90 Å². The summed E-state index contributed by atoms with van der Waals surface area (Å²) < 4.78 is 5.41. The van der Waals surface area contributed by atoms with Crippen molar-refractivity contribution >= 4 is 29.4 Å². The van der Waals surface area contributed by atoms with E-state index in [4.69, 9.17) is 16.3 Å². The monoisotopic (exact) mass is 536 g/mol. The molecule has 38 heavy (non-hydrogen) atoms. The summed E-state index contributed by atoms with van der Waals surface area (Å²) in [5, 5.41) is 16.3. The summed E-state index contributed by atoms with van der Waals surface area (Å²) in [5.74, 6) is -0.156. The third-order valence-corrected chi connectivity index (χ3v) is 6.96. The number of rotatable bonds is 8. The fourth-order valence-corrected chi connectivity index (χ4v) is 4.88. The third-order valence-electron chi connectivity index (χ3n) is 6.68. The first-order valence-corrected chi connectivity index (χ1v) is 12.9. The molecule has 0 unspecified atom stereocenters. The number of aliphatic hydroxyl groups is 1. The highest BCUT2D eigenvalue weighted by atomic mass is 35.5. The van der Waals surface area contributed by atoms with E-state index < -0.39 is 6.04 Å². The standard InChI is InChI=1S/C27H29ClN6O4/c1-16-3-2-4-22(30-16)23(15-35)32-24(36)14-34-13-18-6-5-17(11-20(18)26(34)37)25-21(28)12-29-27(33-25)31-19-7-9-38-10-8-19/h2-6,11-12,19,23,35H,7-10,13-15H2,1H3,(H,32,36)(H,29,31,33)/t23-/m1/s1. The molecule has 1 fully saturated rings. The number of amides is 2. The van der Waals surface area contributed by atoms with Gasteiger partial charge in [-0.3, -0.25) is 14.6 Å². The molecule has 10 nitrogen and oxygen atoms in total. The van der Waals surface area contributed by atoms with Gasteiger partial charge in [-0.2, -0.15) is 0 Å². The maximum atomic E-state index is 13.2. The molecule has 1 saturated heterocycles. The van der Waals surface area contributed by atoms with Gasteiger partial charge < -0.3 is 25.4 Å². The van der Waals surface area contributed by atoms with E-state index in [0.29, 0.717) is 53.2 Å². The zero-order chi connectivity index (χ0) is 26.6. The number of halogens is 1. The van der Waals surface area contributed by atoms with Gasteiger partial charge in [0.15, 0.2) is 0 Å². The molecule has 2 amide bonds. The number of nitrogens with zero attached hydrogens (tertiary/aromatic N) is 4. The van der Waals surface area contributed by atoms with E-state index in [1.54, 1.807) is 18.3 Å². The maximum Gasteiger partial charge on any atom is 0.254 e. The number of ether oxygens (including phenoxy) is 1. The number of fused-ring (bicyclic) bond motifs is 1. The third kappa shape index (κ3) is 5.77. The highest BCUT2D eigenvalue weighted by molar-refractivity contribution is 6.33. The molecular formula is C27H29ClN6O4. The minimum atomic E-state index is -0.655. The summed E-state index contributed by atoms with van der Waals surface area (Å²) in [5.41, 5.74) is 3.89. The van der Waals surface area contributed by atoms with Crippen LogP contribution in [0.25, 0.3) is 11.3 Å². The molecule has 2 aliphatic rings. The number of hydrogen-bond acceptors (Lipinski definition) is 8. The SMILES string of the molecule is Cc1cccc([C@@H](CO)NC(=O)CN2Cc3ccc(-c4nc(NC5CCOCC5)ncc4Cl)cc3C2=O)n1. The van der Waals surface area contributed by atoms with Gasteiger partial charge in [-0.1, -0.05) is 29.8 Å². The minimum absolute atomic E-state index is 0.140. The largest absolute Gasteiger partial charge is 0.394 e. The molecule has 0 aliphatic carbocycles. The van der Waals surface area contributed by atoms with Crippen molar-refractivity contribution in [3.05, 3.63) is 70.1 Å². The van der Waals surface area contributed by atoms with Crippen molar-refractivity contribution in [3.8, 4) is 11.3 Å². The Morgan fingerprint density at radius 1 is 1.24 bits per heavy atom. The van der Waals surface area contributed by atoms with Gasteiger partial charge in [0.05, 0.1) is 35.3 Å². The number of aryl methyl sites for hydroxylation is 1. The van der Waals surface area contributed by atoms with Crippen LogP contribution in [0.1, 0.15) is 46.2 Å². The first kappa shape index (κ1) is 26.0. The number of aliphatic hydroxyl groups excluding tert-OH is 1. The lowest BCUT2D eigenvalue weighted by Crippen LogP contribution is -2.40. The van der Waals surface area contributed by atoms with Crippen LogP contribution in [0.3, 0.4) is 0 Å². The molecule has 1 atom stereocenters. The molecule has 5 rings (SSSR count). The Morgan fingerprint density at radius 2 is 2.05 bits per heavy atom. The summed E-state index contributed by atoms with van der Waals surface area (Å²) >= 11 is 6.43. The molecule has 11 heteroatoms. The second kappa shape index (κ2) is 11.4. The number of benzene rings is 1. The van der Waals surface area contributed by atoms with Crippen LogP contribution < -0.4 is 10.6 Å². The van der Waals surface area contributed by atoms with Crippen molar-refractivity contribution in [2.75, 3.05) is 31.7 Å². The highest BCUT2D eigenvalue weighted by Gasteiger charge is 2.30. The van der Waals surface area contributed by atoms with Crippen LogP contribution in [0.5, 0.6) is 0 Å². The lowest BCUT2D eigenvalue weighted by atomic mass is 10.0. The van der Waals surface area contributed by atoms with E-state index >= 15 is 0 Å². The quantitative estimate of drug-likeness (QED) is 0.401. The average Bonchev–Trinajstić information content (AvgIpc) is 3.23. The number of anilines is 1. The van der Waals surface area contributed by atoms with Gasteiger partial charge in [0.2, 0.25) is 11.9 Å². The van der Waals surface area contributed by atoms with Crippen LogP contribution in [0, 0.1) is 6.92 Å². The lowest BCUT2D eigenvalue weighted by molar-refractivity contribution is -0.122. The van der Waals surface area contributed by atoms with E-state index in [-0.39, 0.29) is 31.0 Å². The molecular weight excluding hydrogens is 508 g/mol. The fraction of sp³-hybridized carbons (Fsp3) is 0.370. The topological polar surface area (TPSA) is 130 Å². The molecule has 0 radical (unpaired) electrons. The number of carbonyl (C=O) groups is 2. The summed E-state index contributed by atoms with van der Waals surface area (Å²) in [7, 11) is 0. The number of aromatic nitrogens is 3. The van der Waals surface area contributed by atoms with Gasteiger partial charge in [-0.05, 0) is 43.5 Å². The second-order valence-electron chi connectivity index (χ2n) is 9.46. The molecule has 2 aliphatic heterocycles. The average molecular weight is 537 g/mol. The normalized spacial score (nSPS) is 16.3. The van der Waals surface area contributed by atoms with Crippen LogP contribution in [-0.2, 0) is 16.1 Å². The zero-order valence-electron chi connectivity index (χ0n) is 21.0. The Hall–Kier alpha value is -3.60. The minimum Gasteiger partial charge on any atom is -0.394 e. The highest BCUT2D eigenvalue weighted by Crippen LogP contribution is 2.31. The molecule has 3 aromatic rings. The molecule has 198 valence electrons. The van der Waals surface area contributed by atoms with Gasteiger partial charge in [-0.15, -0.1) is 0 Å². The lowest BCUT2D eigenvalue weighted by Gasteiger charge is -2.23. The van der Waals surface area contributed by atoms with Crippen molar-refractivity contribution in [1.29, 1.82) is 0 Å². The molecule has 0 bridgehead atoms. The molecule has 3 N–H and O–H groups in total. The van der Waals surface area contributed by atoms with Crippen LogP contribution in [0.15, 0.2) is 42.6 Å². The molecule has 0 saturated carbocycles. The molecule has 1 aromatic carbocycles. The van der Waals surface area contributed by atoms with Gasteiger partial charge >= 0.3 is 0 Å². The number of hydrogen-bond donors (Lipinski definition) is 3. The Morgan fingerprint density at radius 3 is 2.82 bits per heavy atom. The van der Waals surface area contributed by atoms with Crippen LogP contribution in [0.4, 0.5) is 5.95 Å². The van der Waals surface area contributed by atoms with Crippen molar-refractivity contribution in [3.63, 3.8) is 0 Å². The van der Waals surface area contributed by atoms with E-state index in [9.17, 15) is 14.7 Å².